The number of benzene rings is 1. The highest BCUT2D eigenvalue weighted by molar-refractivity contribution is 5.77. The Kier molecular flexibility index (Phi) is 6.82. The molecular formula is C26H35N3O3. The summed E-state index contributed by atoms with van der Waals surface area (Å²) < 4.78 is 5.18. The van der Waals surface area contributed by atoms with Gasteiger partial charge in [0.15, 0.2) is 0 Å². The molecule has 6 nitrogen and oxygen atoms in total. The number of ether oxygens (including phenoxy) is 1. The lowest BCUT2D eigenvalue weighted by Crippen LogP contribution is -2.47. The van der Waals surface area contributed by atoms with Gasteiger partial charge in [0.1, 0.15) is 11.9 Å². The van der Waals surface area contributed by atoms with Crippen LogP contribution < -0.4 is 10.1 Å². The molecule has 2 heterocycles. The summed E-state index contributed by atoms with van der Waals surface area (Å²) in [5.41, 5.74) is 3.50. The van der Waals surface area contributed by atoms with Crippen molar-refractivity contribution < 1.29 is 14.6 Å². The SMILES string of the molecule is COc1ccc([C@@H](O)[C@@H](CN2CCC(C)(C)C2)NC(=O)CC2Cc3ccccc3C2)nc1. The number of fused-ring (bicyclic) bond motifs is 1. The maximum Gasteiger partial charge on any atom is 0.220 e. The fourth-order valence-electron chi connectivity index (χ4n) is 5.10. The van der Waals surface area contributed by atoms with E-state index in [0.29, 0.717) is 30.3 Å². The Balaban J connectivity index is 1.42. The van der Waals surface area contributed by atoms with E-state index in [1.54, 1.807) is 25.4 Å². The van der Waals surface area contributed by atoms with E-state index in [-0.39, 0.29) is 11.3 Å². The minimum absolute atomic E-state index is 0.00109. The van der Waals surface area contributed by atoms with Crippen LogP contribution in [0.1, 0.15) is 49.6 Å². The third-order valence-corrected chi connectivity index (χ3v) is 6.85. The minimum atomic E-state index is -0.880. The number of aromatic nitrogens is 1. The number of aliphatic hydroxyl groups is 1. The minimum Gasteiger partial charge on any atom is -0.495 e. The van der Waals surface area contributed by atoms with Crippen LogP contribution in [0.25, 0.3) is 0 Å². The van der Waals surface area contributed by atoms with Gasteiger partial charge in [-0.1, -0.05) is 38.1 Å². The lowest BCUT2D eigenvalue weighted by molar-refractivity contribution is -0.123. The van der Waals surface area contributed by atoms with E-state index in [2.05, 4.69) is 53.3 Å². The summed E-state index contributed by atoms with van der Waals surface area (Å²) in [6.45, 7) is 7.06. The zero-order chi connectivity index (χ0) is 22.7. The van der Waals surface area contributed by atoms with E-state index >= 15 is 0 Å². The number of nitrogens with zero attached hydrogens (tertiary/aromatic N) is 2. The average Bonchev–Trinajstić information content (AvgIpc) is 3.34. The zero-order valence-electron chi connectivity index (χ0n) is 19.4. The fourth-order valence-corrected chi connectivity index (χ4v) is 5.10. The third kappa shape index (κ3) is 5.48. The van der Waals surface area contributed by atoms with Gasteiger partial charge in [-0.15, -0.1) is 0 Å². The van der Waals surface area contributed by atoms with Crippen molar-refractivity contribution in [3.63, 3.8) is 0 Å². The molecule has 1 saturated heterocycles. The molecule has 1 aromatic carbocycles. The van der Waals surface area contributed by atoms with Crippen molar-refractivity contribution in [3.05, 3.63) is 59.4 Å². The Morgan fingerprint density at radius 1 is 1.25 bits per heavy atom. The lowest BCUT2D eigenvalue weighted by atomic mass is 9.93. The van der Waals surface area contributed by atoms with Crippen molar-refractivity contribution in [3.8, 4) is 5.75 Å². The number of aliphatic hydroxyl groups excluding tert-OH is 1. The molecule has 1 aliphatic carbocycles. The summed E-state index contributed by atoms with van der Waals surface area (Å²) in [4.78, 5) is 19.7. The number of hydrogen-bond donors (Lipinski definition) is 2. The molecule has 1 aliphatic heterocycles. The molecular weight excluding hydrogens is 402 g/mol. The van der Waals surface area contributed by atoms with E-state index < -0.39 is 12.1 Å². The summed E-state index contributed by atoms with van der Waals surface area (Å²) in [6, 6.07) is 11.6. The summed E-state index contributed by atoms with van der Waals surface area (Å²) in [5, 5.41) is 14.3. The van der Waals surface area contributed by atoms with Crippen LogP contribution in [0.5, 0.6) is 5.75 Å². The quantitative estimate of drug-likeness (QED) is 0.664. The van der Waals surface area contributed by atoms with Crippen molar-refractivity contribution >= 4 is 5.91 Å². The molecule has 0 unspecified atom stereocenters. The first-order chi connectivity index (χ1) is 15.3. The maximum absolute atomic E-state index is 13.0. The van der Waals surface area contributed by atoms with Crippen LogP contribution in [-0.4, -0.2) is 53.7 Å². The largest absolute Gasteiger partial charge is 0.495 e. The molecule has 0 spiro atoms. The van der Waals surface area contributed by atoms with E-state index in [1.807, 2.05) is 0 Å². The number of rotatable bonds is 8. The first-order valence-electron chi connectivity index (χ1n) is 11.6. The normalized spacial score (nSPS) is 20.0. The van der Waals surface area contributed by atoms with Crippen LogP contribution in [0.15, 0.2) is 42.6 Å². The summed E-state index contributed by atoms with van der Waals surface area (Å²) in [7, 11) is 1.59. The second-order valence-electron chi connectivity index (χ2n) is 10.1. The number of hydrogen-bond acceptors (Lipinski definition) is 5. The number of methoxy groups -OCH3 is 1. The molecule has 2 aliphatic rings. The Morgan fingerprint density at radius 2 is 1.97 bits per heavy atom. The number of nitrogens with one attached hydrogen (secondary N) is 1. The molecule has 1 fully saturated rings. The molecule has 2 N–H and O–H groups in total. The molecule has 32 heavy (non-hydrogen) atoms. The Hall–Kier alpha value is -2.44. The molecule has 0 bridgehead atoms. The highest BCUT2D eigenvalue weighted by Crippen LogP contribution is 2.31. The third-order valence-electron chi connectivity index (χ3n) is 6.85. The van der Waals surface area contributed by atoms with Gasteiger partial charge in [-0.25, -0.2) is 0 Å². The van der Waals surface area contributed by atoms with Gasteiger partial charge >= 0.3 is 0 Å². The van der Waals surface area contributed by atoms with E-state index in [4.69, 9.17) is 4.74 Å². The van der Waals surface area contributed by atoms with Crippen molar-refractivity contribution in [2.45, 2.75) is 51.7 Å². The van der Waals surface area contributed by atoms with Crippen LogP contribution in [0.4, 0.5) is 0 Å². The molecule has 0 radical (unpaired) electrons. The Bertz CT molecular complexity index is 903. The lowest BCUT2D eigenvalue weighted by Gasteiger charge is -2.29. The first kappa shape index (κ1) is 22.7. The molecule has 0 saturated carbocycles. The number of carbonyl (C=O) groups excluding carboxylic acids is 1. The van der Waals surface area contributed by atoms with Crippen molar-refractivity contribution in [1.82, 2.24) is 15.2 Å². The molecule has 6 heteroatoms. The second kappa shape index (κ2) is 9.59. The van der Waals surface area contributed by atoms with Crippen molar-refractivity contribution in [2.24, 2.45) is 11.3 Å². The van der Waals surface area contributed by atoms with E-state index in [0.717, 1.165) is 32.4 Å². The number of carbonyl (C=O) groups is 1. The second-order valence-corrected chi connectivity index (χ2v) is 10.1. The van der Waals surface area contributed by atoms with Gasteiger partial charge in [0, 0.05) is 19.5 Å². The van der Waals surface area contributed by atoms with Crippen molar-refractivity contribution in [1.29, 1.82) is 0 Å². The number of amides is 1. The van der Waals surface area contributed by atoms with E-state index in [1.165, 1.54) is 11.1 Å². The number of likely N-dealkylation sites (tertiary alicyclic amines) is 1. The van der Waals surface area contributed by atoms with Crippen LogP contribution in [0, 0.1) is 11.3 Å². The average molecular weight is 438 g/mol. The van der Waals surface area contributed by atoms with Gasteiger partial charge in [-0.2, -0.15) is 0 Å². The summed E-state index contributed by atoms with van der Waals surface area (Å²) in [6.07, 6.45) is 4.19. The predicted octanol–water partition coefficient (Wildman–Crippen LogP) is 3.15. The highest BCUT2D eigenvalue weighted by Gasteiger charge is 2.34. The van der Waals surface area contributed by atoms with Gasteiger partial charge < -0.3 is 20.1 Å². The van der Waals surface area contributed by atoms with Crippen LogP contribution in [0.3, 0.4) is 0 Å². The fraction of sp³-hybridized carbons (Fsp3) is 0.538. The van der Waals surface area contributed by atoms with Crippen molar-refractivity contribution in [2.75, 3.05) is 26.7 Å². The molecule has 2 atom stereocenters. The van der Waals surface area contributed by atoms with E-state index in [9.17, 15) is 9.90 Å². The van der Waals surface area contributed by atoms with Crippen LogP contribution in [0.2, 0.25) is 0 Å². The van der Waals surface area contributed by atoms with Gasteiger partial charge in [0.2, 0.25) is 5.91 Å². The molecule has 1 aromatic heterocycles. The summed E-state index contributed by atoms with van der Waals surface area (Å²) in [5.74, 6) is 0.956. The van der Waals surface area contributed by atoms with Gasteiger partial charge in [0.05, 0.1) is 25.0 Å². The monoisotopic (exact) mass is 437 g/mol. The standard InChI is InChI=1S/C26H35N3O3/c1-26(2)10-11-29(17-26)16-23(25(31)22-9-8-21(32-3)15-27-22)28-24(30)14-18-12-19-6-4-5-7-20(19)13-18/h4-9,15,18,23,25,31H,10-14,16-17H2,1-3H3,(H,28,30)/t23-,25-/m1/s1. The molecule has 2 aromatic rings. The number of pyridine rings is 1. The van der Waals surface area contributed by atoms with Crippen LogP contribution in [-0.2, 0) is 17.6 Å². The van der Waals surface area contributed by atoms with Gasteiger partial charge in [-0.05, 0) is 60.4 Å². The predicted molar refractivity (Wildman–Crippen MR) is 124 cm³/mol. The first-order valence-corrected chi connectivity index (χ1v) is 11.6. The van der Waals surface area contributed by atoms with Gasteiger partial charge in [0.25, 0.3) is 0 Å². The molecule has 172 valence electrons. The highest BCUT2D eigenvalue weighted by atomic mass is 16.5. The zero-order valence-corrected chi connectivity index (χ0v) is 19.4. The smallest absolute Gasteiger partial charge is 0.220 e. The summed E-state index contributed by atoms with van der Waals surface area (Å²) >= 11 is 0. The molecule has 1 amide bonds. The van der Waals surface area contributed by atoms with Gasteiger partial charge in [-0.3, -0.25) is 9.78 Å². The Morgan fingerprint density at radius 3 is 2.53 bits per heavy atom. The van der Waals surface area contributed by atoms with Crippen LogP contribution >= 0.6 is 0 Å². The molecule has 4 rings (SSSR count). The topological polar surface area (TPSA) is 74.7 Å². The maximum atomic E-state index is 13.0. The Labute approximate surface area is 191 Å².